The van der Waals surface area contributed by atoms with Crippen LogP contribution in [0.4, 0.5) is 0 Å². The number of ether oxygens (including phenoxy) is 3. The van der Waals surface area contributed by atoms with Crippen LogP contribution in [0.1, 0.15) is 25.8 Å². The molecule has 0 aliphatic rings. The maximum Gasteiger partial charge on any atom is 0.251 e. The number of fused-ring (bicyclic) bond motifs is 1. The van der Waals surface area contributed by atoms with Crippen LogP contribution >= 0.6 is 0 Å². The van der Waals surface area contributed by atoms with E-state index in [1.807, 2.05) is 13.8 Å². The van der Waals surface area contributed by atoms with E-state index in [0.717, 1.165) is 5.39 Å². The Balaban J connectivity index is 2.04. The van der Waals surface area contributed by atoms with Crippen molar-refractivity contribution >= 4 is 16.8 Å². The summed E-state index contributed by atoms with van der Waals surface area (Å²) in [6.07, 6.45) is 0.735. The molecule has 26 heavy (non-hydrogen) atoms. The number of nitrogens with one attached hydrogen (secondary N) is 2. The predicted octanol–water partition coefficient (Wildman–Crippen LogP) is 2.02. The van der Waals surface area contributed by atoms with Gasteiger partial charge in [0.1, 0.15) is 0 Å². The Morgan fingerprint density at radius 3 is 2.50 bits per heavy atom. The summed E-state index contributed by atoms with van der Waals surface area (Å²) in [5.74, 6) is 1.02. The fraction of sp³-hybridized carbons (Fsp3) is 0.474. The van der Waals surface area contributed by atoms with Crippen LogP contribution in [-0.2, 0) is 16.0 Å². The van der Waals surface area contributed by atoms with Gasteiger partial charge in [0.15, 0.2) is 11.5 Å². The molecule has 1 aromatic heterocycles. The van der Waals surface area contributed by atoms with Gasteiger partial charge in [-0.2, -0.15) is 0 Å². The topological polar surface area (TPSA) is 89.6 Å². The molecule has 0 radical (unpaired) electrons. The number of aromatic nitrogens is 1. The molecular weight excluding hydrogens is 336 g/mol. The highest BCUT2D eigenvalue weighted by atomic mass is 16.5. The molecule has 0 atom stereocenters. The Hall–Kier alpha value is -2.54. The number of H-pyrrole nitrogens is 1. The van der Waals surface area contributed by atoms with E-state index in [1.54, 1.807) is 32.4 Å². The third kappa shape index (κ3) is 5.23. The molecule has 142 valence electrons. The highest BCUT2D eigenvalue weighted by Crippen LogP contribution is 2.31. The molecule has 1 heterocycles. The number of hydrogen-bond acceptors (Lipinski definition) is 5. The zero-order valence-corrected chi connectivity index (χ0v) is 15.7. The van der Waals surface area contributed by atoms with E-state index in [4.69, 9.17) is 14.2 Å². The number of rotatable bonds is 9. The molecule has 7 heteroatoms. The number of carbonyl (C=O) groups is 1. The first kappa shape index (κ1) is 19.8. The first-order valence-electron chi connectivity index (χ1n) is 8.60. The molecule has 0 saturated heterocycles. The van der Waals surface area contributed by atoms with Crippen LogP contribution < -0.4 is 20.3 Å². The van der Waals surface area contributed by atoms with E-state index in [2.05, 4.69) is 10.3 Å². The van der Waals surface area contributed by atoms with Crippen molar-refractivity contribution in [3.8, 4) is 11.5 Å². The minimum atomic E-state index is -0.208. The van der Waals surface area contributed by atoms with E-state index < -0.39 is 0 Å². The number of methoxy groups -OCH3 is 2. The van der Waals surface area contributed by atoms with Gasteiger partial charge in [0, 0.05) is 30.0 Å². The predicted molar refractivity (Wildman–Crippen MR) is 100 cm³/mol. The summed E-state index contributed by atoms with van der Waals surface area (Å²) in [5, 5.41) is 3.61. The average molecular weight is 362 g/mol. The molecule has 0 unspecified atom stereocenters. The van der Waals surface area contributed by atoms with Crippen molar-refractivity contribution in [2.75, 3.05) is 27.4 Å². The molecule has 0 bridgehead atoms. The highest BCUT2D eigenvalue weighted by Gasteiger charge is 2.10. The monoisotopic (exact) mass is 362 g/mol. The van der Waals surface area contributed by atoms with Gasteiger partial charge in [-0.25, -0.2) is 0 Å². The first-order valence-corrected chi connectivity index (χ1v) is 8.60. The van der Waals surface area contributed by atoms with Crippen LogP contribution in [0.2, 0.25) is 0 Å². The van der Waals surface area contributed by atoms with Crippen LogP contribution in [0.25, 0.3) is 10.9 Å². The van der Waals surface area contributed by atoms with Gasteiger partial charge in [-0.3, -0.25) is 9.59 Å². The third-order valence-electron chi connectivity index (χ3n) is 3.92. The Morgan fingerprint density at radius 2 is 1.85 bits per heavy atom. The van der Waals surface area contributed by atoms with Gasteiger partial charge in [0.05, 0.1) is 32.4 Å². The van der Waals surface area contributed by atoms with Gasteiger partial charge >= 0.3 is 0 Å². The molecule has 0 aliphatic heterocycles. The fourth-order valence-corrected chi connectivity index (χ4v) is 2.59. The quantitative estimate of drug-likeness (QED) is 0.666. The van der Waals surface area contributed by atoms with Crippen molar-refractivity contribution in [1.29, 1.82) is 0 Å². The Kier molecular flexibility index (Phi) is 7.03. The van der Waals surface area contributed by atoms with Crippen LogP contribution in [0, 0.1) is 0 Å². The standard InChI is InChI=1S/C19H26N2O5/c1-12(2)26-8-7-20-18(22)6-5-13-9-14-10-16(24-3)17(25-4)11-15(14)21-19(13)23/h9-12H,5-8H2,1-4H3,(H,20,22)(H,21,23). The molecule has 0 saturated carbocycles. The van der Waals surface area contributed by atoms with Gasteiger partial charge in [0.25, 0.3) is 5.56 Å². The minimum absolute atomic E-state index is 0.107. The van der Waals surface area contributed by atoms with Gasteiger partial charge in [-0.1, -0.05) is 0 Å². The molecule has 7 nitrogen and oxygen atoms in total. The van der Waals surface area contributed by atoms with Crippen molar-refractivity contribution in [3.63, 3.8) is 0 Å². The second-order valence-electron chi connectivity index (χ2n) is 6.19. The zero-order valence-electron chi connectivity index (χ0n) is 15.7. The maximum atomic E-state index is 12.3. The Bertz CT molecular complexity index is 813. The lowest BCUT2D eigenvalue weighted by Crippen LogP contribution is -2.28. The molecule has 2 rings (SSSR count). The maximum absolute atomic E-state index is 12.3. The molecular formula is C19H26N2O5. The first-order chi connectivity index (χ1) is 12.4. The highest BCUT2D eigenvalue weighted by molar-refractivity contribution is 5.83. The number of benzene rings is 1. The molecule has 0 spiro atoms. The zero-order chi connectivity index (χ0) is 19.1. The van der Waals surface area contributed by atoms with Crippen molar-refractivity contribution in [2.45, 2.75) is 32.8 Å². The van der Waals surface area contributed by atoms with Crippen LogP contribution in [-0.4, -0.2) is 44.4 Å². The van der Waals surface area contributed by atoms with E-state index in [-0.39, 0.29) is 24.0 Å². The molecule has 1 amide bonds. The molecule has 0 aliphatic carbocycles. The van der Waals surface area contributed by atoms with E-state index in [1.165, 1.54) is 0 Å². The number of aryl methyl sites for hydroxylation is 1. The summed E-state index contributed by atoms with van der Waals surface area (Å²) in [6.45, 7) is 4.82. The number of pyridine rings is 1. The largest absolute Gasteiger partial charge is 0.493 e. The smallest absolute Gasteiger partial charge is 0.251 e. The lowest BCUT2D eigenvalue weighted by Gasteiger charge is -2.10. The van der Waals surface area contributed by atoms with Gasteiger partial charge < -0.3 is 24.5 Å². The lowest BCUT2D eigenvalue weighted by atomic mass is 10.1. The minimum Gasteiger partial charge on any atom is -0.493 e. The summed E-state index contributed by atoms with van der Waals surface area (Å²) < 4.78 is 15.9. The lowest BCUT2D eigenvalue weighted by molar-refractivity contribution is -0.121. The second-order valence-corrected chi connectivity index (χ2v) is 6.19. The summed E-state index contributed by atoms with van der Waals surface area (Å²) >= 11 is 0. The van der Waals surface area contributed by atoms with E-state index >= 15 is 0 Å². The third-order valence-corrected chi connectivity index (χ3v) is 3.92. The summed E-state index contributed by atoms with van der Waals surface area (Å²) in [4.78, 5) is 27.0. The average Bonchev–Trinajstić information content (AvgIpc) is 2.62. The van der Waals surface area contributed by atoms with Crippen molar-refractivity contribution in [1.82, 2.24) is 10.3 Å². The van der Waals surface area contributed by atoms with E-state index in [9.17, 15) is 9.59 Å². The van der Waals surface area contributed by atoms with Gasteiger partial charge in [0.2, 0.25) is 5.91 Å². The van der Waals surface area contributed by atoms with E-state index in [0.29, 0.717) is 42.2 Å². The van der Waals surface area contributed by atoms with Crippen LogP contribution in [0.15, 0.2) is 23.0 Å². The van der Waals surface area contributed by atoms with Crippen LogP contribution in [0.5, 0.6) is 11.5 Å². The van der Waals surface area contributed by atoms with Crippen LogP contribution in [0.3, 0.4) is 0 Å². The molecule has 2 N–H and O–H groups in total. The fourth-order valence-electron chi connectivity index (χ4n) is 2.59. The number of amides is 1. The van der Waals surface area contributed by atoms with Gasteiger partial charge in [-0.05, 0) is 32.4 Å². The molecule has 1 aromatic carbocycles. The molecule has 0 fully saturated rings. The Morgan fingerprint density at radius 1 is 1.15 bits per heavy atom. The summed E-state index contributed by atoms with van der Waals surface area (Å²) in [6, 6.07) is 5.31. The normalized spacial score (nSPS) is 11.0. The number of aromatic amines is 1. The Labute approximate surface area is 152 Å². The molecule has 2 aromatic rings. The van der Waals surface area contributed by atoms with Crippen molar-refractivity contribution in [2.24, 2.45) is 0 Å². The summed E-state index contributed by atoms with van der Waals surface area (Å²) in [5.41, 5.74) is 1.01. The number of carbonyl (C=O) groups excluding carboxylic acids is 1. The van der Waals surface area contributed by atoms with Crippen molar-refractivity contribution in [3.05, 3.63) is 34.1 Å². The SMILES string of the molecule is COc1cc2cc(CCC(=O)NCCOC(C)C)c(=O)[nH]c2cc1OC. The van der Waals surface area contributed by atoms with Crippen molar-refractivity contribution < 1.29 is 19.0 Å². The number of hydrogen-bond donors (Lipinski definition) is 2. The summed E-state index contributed by atoms with van der Waals surface area (Å²) in [7, 11) is 3.10. The second kappa shape index (κ2) is 9.24. The van der Waals surface area contributed by atoms with Gasteiger partial charge in [-0.15, -0.1) is 0 Å².